The van der Waals surface area contributed by atoms with Gasteiger partial charge in [0.05, 0.1) is 0 Å². The second-order valence-corrected chi connectivity index (χ2v) is 4.15. The van der Waals surface area contributed by atoms with Crippen LogP contribution in [-0.4, -0.2) is 37.0 Å². The zero-order chi connectivity index (χ0) is 10.6. The molecular formula is C9H14Cl2N2O. The van der Waals surface area contributed by atoms with Gasteiger partial charge < -0.3 is 10.2 Å². The van der Waals surface area contributed by atoms with Crippen molar-refractivity contribution in [3.05, 3.63) is 10.6 Å². The predicted octanol–water partition coefficient (Wildman–Crippen LogP) is 1.52. The Morgan fingerprint density at radius 1 is 1.79 bits per heavy atom. The van der Waals surface area contributed by atoms with E-state index in [4.69, 9.17) is 23.2 Å². The van der Waals surface area contributed by atoms with Gasteiger partial charge in [-0.15, -0.1) is 0 Å². The molecule has 0 aliphatic carbocycles. The number of halogens is 2. The molecule has 0 radical (unpaired) electrons. The third kappa shape index (κ3) is 3.48. The quantitative estimate of drug-likeness (QED) is 0.807. The largest absolute Gasteiger partial charge is 0.344 e. The van der Waals surface area contributed by atoms with Crippen molar-refractivity contribution >= 4 is 29.1 Å². The van der Waals surface area contributed by atoms with Crippen LogP contribution in [0.1, 0.15) is 12.8 Å². The van der Waals surface area contributed by atoms with Gasteiger partial charge in [-0.1, -0.05) is 23.2 Å². The van der Waals surface area contributed by atoms with Crippen LogP contribution in [-0.2, 0) is 4.79 Å². The Morgan fingerprint density at radius 3 is 3.07 bits per heavy atom. The van der Waals surface area contributed by atoms with Crippen molar-refractivity contribution in [3.8, 4) is 0 Å². The van der Waals surface area contributed by atoms with Gasteiger partial charge in [-0.05, 0) is 6.42 Å². The van der Waals surface area contributed by atoms with Crippen molar-refractivity contribution in [2.45, 2.75) is 18.9 Å². The zero-order valence-corrected chi connectivity index (χ0v) is 9.61. The Morgan fingerprint density at radius 2 is 2.50 bits per heavy atom. The van der Waals surface area contributed by atoms with E-state index in [0.717, 1.165) is 13.0 Å². The van der Waals surface area contributed by atoms with Gasteiger partial charge in [-0.3, -0.25) is 4.79 Å². The standard InChI is InChI=1S/C9H14Cl2N2O/c1-13-6-8(2-3-9(13)14)12-5-7(11)4-10/h4,8,12H,2-3,5-6H2,1H3/b7-4-. The molecule has 1 heterocycles. The highest BCUT2D eigenvalue weighted by atomic mass is 35.5. The topological polar surface area (TPSA) is 32.3 Å². The molecule has 1 aliphatic rings. The normalized spacial score (nSPS) is 24.2. The van der Waals surface area contributed by atoms with Gasteiger partial charge in [-0.2, -0.15) is 0 Å². The average Bonchev–Trinajstić information content (AvgIpc) is 2.19. The first-order valence-electron chi connectivity index (χ1n) is 4.55. The summed E-state index contributed by atoms with van der Waals surface area (Å²) >= 11 is 11.2. The number of piperidine rings is 1. The summed E-state index contributed by atoms with van der Waals surface area (Å²) in [5.74, 6) is 0.210. The highest BCUT2D eigenvalue weighted by Gasteiger charge is 2.21. The second-order valence-electron chi connectivity index (χ2n) is 3.45. The molecule has 1 saturated heterocycles. The first-order valence-corrected chi connectivity index (χ1v) is 5.37. The summed E-state index contributed by atoms with van der Waals surface area (Å²) in [4.78, 5) is 12.9. The number of carbonyl (C=O) groups is 1. The fraction of sp³-hybridized carbons (Fsp3) is 0.667. The number of nitrogens with zero attached hydrogens (tertiary/aromatic N) is 1. The molecule has 5 heteroatoms. The number of likely N-dealkylation sites (N-methyl/N-ethyl adjacent to an activating group) is 1. The number of hydrogen-bond acceptors (Lipinski definition) is 2. The monoisotopic (exact) mass is 236 g/mol. The van der Waals surface area contributed by atoms with Gasteiger partial charge in [-0.25, -0.2) is 0 Å². The van der Waals surface area contributed by atoms with E-state index < -0.39 is 0 Å². The highest BCUT2D eigenvalue weighted by Crippen LogP contribution is 2.10. The minimum absolute atomic E-state index is 0.210. The molecule has 1 N–H and O–H groups in total. The molecule has 0 aromatic heterocycles. The predicted molar refractivity (Wildman–Crippen MR) is 58.5 cm³/mol. The van der Waals surface area contributed by atoms with Crippen LogP contribution in [0.5, 0.6) is 0 Å². The summed E-state index contributed by atoms with van der Waals surface area (Å²) in [6.07, 6.45) is 1.48. The Balaban J connectivity index is 2.30. The molecule has 1 atom stereocenters. The smallest absolute Gasteiger partial charge is 0.222 e. The summed E-state index contributed by atoms with van der Waals surface area (Å²) in [5.41, 5.74) is 1.35. The molecule has 0 aromatic carbocycles. The van der Waals surface area contributed by atoms with E-state index in [1.165, 1.54) is 5.54 Å². The van der Waals surface area contributed by atoms with Crippen LogP contribution in [0.2, 0.25) is 0 Å². The zero-order valence-electron chi connectivity index (χ0n) is 8.09. The molecule has 1 rings (SSSR count). The second kappa shape index (κ2) is 5.59. The molecule has 1 unspecified atom stereocenters. The third-order valence-electron chi connectivity index (χ3n) is 2.30. The first kappa shape index (κ1) is 11.8. The van der Waals surface area contributed by atoms with Crippen molar-refractivity contribution in [3.63, 3.8) is 0 Å². The van der Waals surface area contributed by atoms with E-state index >= 15 is 0 Å². The Kier molecular flexibility index (Phi) is 4.72. The van der Waals surface area contributed by atoms with Crippen LogP contribution in [0.3, 0.4) is 0 Å². The van der Waals surface area contributed by atoms with Crippen LogP contribution in [0, 0.1) is 0 Å². The van der Waals surface area contributed by atoms with Gasteiger partial charge in [0.15, 0.2) is 0 Å². The van der Waals surface area contributed by atoms with Gasteiger partial charge in [0.1, 0.15) is 0 Å². The lowest BCUT2D eigenvalue weighted by Crippen LogP contribution is -2.46. The molecule has 0 saturated carbocycles. The van der Waals surface area contributed by atoms with E-state index in [9.17, 15) is 4.79 Å². The summed E-state index contributed by atoms with van der Waals surface area (Å²) < 4.78 is 0. The van der Waals surface area contributed by atoms with Crippen molar-refractivity contribution < 1.29 is 4.79 Å². The first-order chi connectivity index (χ1) is 6.63. The fourth-order valence-electron chi connectivity index (χ4n) is 1.46. The Bertz CT molecular complexity index is 243. The van der Waals surface area contributed by atoms with Gasteiger partial charge in [0, 0.05) is 43.2 Å². The van der Waals surface area contributed by atoms with E-state index in [2.05, 4.69) is 5.32 Å². The van der Waals surface area contributed by atoms with Crippen molar-refractivity contribution in [1.29, 1.82) is 0 Å². The summed E-state index contributed by atoms with van der Waals surface area (Å²) in [6, 6.07) is 0.322. The number of likely N-dealkylation sites (tertiary alicyclic amines) is 1. The minimum atomic E-state index is 0.210. The molecule has 1 fully saturated rings. The minimum Gasteiger partial charge on any atom is -0.344 e. The van der Waals surface area contributed by atoms with Crippen LogP contribution in [0.15, 0.2) is 10.6 Å². The molecule has 0 bridgehead atoms. The van der Waals surface area contributed by atoms with E-state index in [-0.39, 0.29) is 5.91 Å². The van der Waals surface area contributed by atoms with Crippen molar-refractivity contribution in [1.82, 2.24) is 10.2 Å². The van der Waals surface area contributed by atoms with E-state index in [1.807, 2.05) is 7.05 Å². The fourth-order valence-corrected chi connectivity index (χ4v) is 1.61. The van der Waals surface area contributed by atoms with E-state index in [1.54, 1.807) is 4.90 Å². The SMILES string of the molecule is CN1CC(NC/C(Cl)=C/Cl)CCC1=O. The molecule has 1 aliphatic heterocycles. The summed E-state index contributed by atoms with van der Waals surface area (Å²) in [6.45, 7) is 1.31. The summed E-state index contributed by atoms with van der Waals surface area (Å²) in [7, 11) is 1.81. The molecule has 0 aromatic rings. The highest BCUT2D eigenvalue weighted by molar-refractivity contribution is 6.36. The molecule has 80 valence electrons. The van der Waals surface area contributed by atoms with Crippen LogP contribution in [0.4, 0.5) is 0 Å². The van der Waals surface area contributed by atoms with Gasteiger partial charge in [0.25, 0.3) is 0 Å². The van der Waals surface area contributed by atoms with Crippen molar-refractivity contribution in [2.24, 2.45) is 0 Å². The van der Waals surface area contributed by atoms with Crippen molar-refractivity contribution in [2.75, 3.05) is 20.1 Å². The van der Waals surface area contributed by atoms with Gasteiger partial charge in [0.2, 0.25) is 5.91 Å². The molecule has 14 heavy (non-hydrogen) atoms. The molecule has 0 spiro atoms. The number of hydrogen-bond donors (Lipinski definition) is 1. The number of nitrogens with one attached hydrogen (secondary N) is 1. The lowest BCUT2D eigenvalue weighted by Gasteiger charge is -2.30. The van der Waals surface area contributed by atoms with Gasteiger partial charge >= 0.3 is 0 Å². The lowest BCUT2D eigenvalue weighted by molar-refractivity contribution is -0.132. The maximum atomic E-state index is 11.2. The van der Waals surface area contributed by atoms with Crippen LogP contribution >= 0.6 is 23.2 Å². The molecule has 3 nitrogen and oxygen atoms in total. The molecular weight excluding hydrogens is 223 g/mol. The lowest BCUT2D eigenvalue weighted by atomic mass is 10.1. The number of rotatable bonds is 3. The Labute approximate surface area is 94.0 Å². The maximum Gasteiger partial charge on any atom is 0.222 e. The third-order valence-corrected chi connectivity index (χ3v) is 2.92. The molecule has 1 amide bonds. The van der Waals surface area contributed by atoms with Crippen LogP contribution in [0.25, 0.3) is 0 Å². The maximum absolute atomic E-state index is 11.2. The summed E-state index contributed by atoms with van der Waals surface area (Å²) in [5, 5.41) is 3.83. The average molecular weight is 237 g/mol. The number of carbonyl (C=O) groups excluding carboxylic acids is 1. The van der Waals surface area contributed by atoms with E-state index in [0.29, 0.717) is 24.0 Å². The van der Waals surface area contributed by atoms with Crippen LogP contribution < -0.4 is 5.32 Å². The Hall–Kier alpha value is -0.250. The number of amides is 1.